The van der Waals surface area contributed by atoms with Crippen molar-refractivity contribution in [2.45, 2.75) is 36.7 Å². The van der Waals surface area contributed by atoms with E-state index in [1.165, 1.54) is 18.7 Å². The van der Waals surface area contributed by atoms with Crippen molar-refractivity contribution in [2.75, 3.05) is 0 Å². The van der Waals surface area contributed by atoms with Crippen LogP contribution in [0.25, 0.3) is 0 Å². The third kappa shape index (κ3) is 4.76. The average molecular weight is 404 g/mol. The second-order valence-corrected chi connectivity index (χ2v) is 7.48. The van der Waals surface area contributed by atoms with Crippen LogP contribution in [-0.2, 0) is 13.0 Å². The van der Waals surface area contributed by atoms with Gasteiger partial charge in [-0.3, -0.25) is 9.78 Å². The maximum absolute atomic E-state index is 11.6. The minimum absolute atomic E-state index is 0.00554. The Morgan fingerprint density at radius 3 is 2.62 bits per heavy atom. The Morgan fingerprint density at radius 1 is 1.21 bits per heavy atom. The van der Waals surface area contributed by atoms with Gasteiger partial charge in [0.05, 0.1) is 11.1 Å². The lowest BCUT2D eigenvalue weighted by atomic mass is 10.0. The van der Waals surface area contributed by atoms with E-state index in [0.29, 0.717) is 35.5 Å². The van der Waals surface area contributed by atoms with E-state index in [9.17, 15) is 15.2 Å². The van der Waals surface area contributed by atoms with Crippen LogP contribution in [-0.4, -0.2) is 15.9 Å². The summed E-state index contributed by atoms with van der Waals surface area (Å²) in [7, 11) is 0. The quantitative estimate of drug-likeness (QED) is 0.548. The maximum atomic E-state index is 11.6. The van der Waals surface area contributed by atoms with Crippen molar-refractivity contribution in [3.05, 3.63) is 77.1 Å². The van der Waals surface area contributed by atoms with E-state index in [0.717, 1.165) is 15.4 Å². The average Bonchev–Trinajstić information content (AvgIpc) is 2.73. The molecule has 5 nitrogen and oxygen atoms in total. The number of aromatic nitrogens is 1. The number of Topliss-reactive ketones (excluding diaryl/α,β-unsaturated/α-hetero) is 1. The number of hydrogen-bond donors (Lipinski definition) is 1. The standard InChI is InChI=1S/C23H20N2O3S/c1-3-19-21(9-8-20(15(2)26)23(19)27)28-14-16-4-6-18(7-5-16)29-22-13-25-11-10-17(22)12-24/h4-11,13,27H,3,14H2,1-2H3. The first-order valence-corrected chi connectivity index (χ1v) is 9.94. The number of benzene rings is 2. The van der Waals surface area contributed by atoms with Gasteiger partial charge in [-0.2, -0.15) is 5.26 Å². The summed E-state index contributed by atoms with van der Waals surface area (Å²) in [5.74, 6) is 0.390. The molecule has 0 amide bonds. The topological polar surface area (TPSA) is 83.2 Å². The fourth-order valence-electron chi connectivity index (χ4n) is 2.87. The lowest BCUT2D eigenvalue weighted by Gasteiger charge is -2.14. The van der Waals surface area contributed by atoms with Crippen LogP contribution >= 0.6 is 11.8 Å². The van der Waals surface area contributed by atoms with E-state index >= 15 is 0 Å². The van der Waals surface area contributed by atoms with E-state index < -0.39 is 0 Å². The lowest BCUT2D eigenvalue weighted by molar-refractivity contribution is 0.101. The van der Waals surface area contributed by atoms with Crippen LogP contribution in [0.15, 0.2) is 64.6 Å². The molecule has 6 heteroatoms. The third-order valence-electron chi connectivity index (χ3n) is 4.42. The van der Waals surface area contributed by atoms with Crippen molar-refractivity contribution in [3.63, 3.8) is 0 Å². The molecular formula is C23H20N2O3S. The van der Waals surface area contributed by atoms with Gasteiger partial charge in [-0.1, -0.05) is 30.8 Å². The van der Waals surface area contributed by atoms with Crippen LogP contribution in [0.1, 0.15) is 40.9 Å². The largest absolute Gasteiger partial charge is 0.507 e. The van der Waals surface area contributed by atoms with Gasteiger partial charge in [0, 0.05) is 27.7 Å². The number of phenols is 1. The van der Waals surface area contributed by atoms with Gasteiger partial charge in [-0.05, 0) is 49.2 Å². The molecule has 1 N–H and O–H groups in total. The first kappa shape index (κ1) is 20.4. The first-order chi connectivity index (χ1) is 14.0. The first-order valence-electron chi connectivity index (χ1n) is 9.13. The highest BCUT2D eigenvalue weighted by Crippen LogP contribution is 2.33. The normalized spacial score (nSPS) is 10.4. The summed E-state index contributed by atoms with van der Waals surface area (Å²) < 4.78 is 5.89. The molecule has 0 aliphatic heterocycles. The summed E-state index contributed by atoms with van der Waals surface area (Å²) in [6, 6.07) is 15.0. The Bertz CT molecular complexity index is 1070. The lowest BCUT2D eigenvalue weighted by Crippen LogP contribution is -2.02. The van der Waals surface area contributed by atoms with Gasteiger partial charge in [-0.25, -0.2) is 0 Å². The van der Waals surface area contributed by atoms with Crippen LogP contribution in [0.4, 0.5) is 0 Å². The molecule has 2 aromatic carbocycles. The van der Waals surface area contributed by atoms with E-state index in [4.69, 9.17) is 4.74 Å². The van der Waals surface area contributed by atoms with E-state index in [-0.39, 0.29) is 11.5 Å². The zero-order chi connectivity index (χ0) is 20.8. The number of rotatable bonds is 7. The van der Waals surface area contributed by atoms with Crippen molar-refractivity contribution >= 4 is 17.5 Å². The van der Waals surface area contributed by atoms with Crippen LogP contribution in [0.5, 0.6) is 11.5 Å². The van der Waals surface area contributed by atoms with Crippen LogP contribution < -0.4 is 4.74 Å². The van der Waals surface area contributed by atoms with Gasteiger partial charge >= 0.3 is 0 Å². The van der Waals surface area contributed by atoms with E-state index in [2.05, 4.69) is 11.1 Å². The molecule has 0 saturated carbocycles. The Kier molecular flexibility index (Phi) is 6.53. The molecule has 0 fully saturated rings. The molecule has 0 saturated heterocycles. The molecule has 0 aliphatic rings. The molecule has 0 atom stereocenters. The minimum atomic E-state index is -0.176. The predicted octanol–water partition coefficient (Wildman–Crippen LogP) is 5.15. The summed E-state index contributed by atoms with van der Waals surface area (Å²) in [6.07, 6.45) is 3.85. The molecule has 0 aliphatic carbocycles. The summed E-state index contributed by atoms with van der Waals surface area (Å²) in [5.41, 5.74) is 2.50. The smallest absolute Gasteiger partial charge is 0.163 e. The fraction of sp³-hybridized carbons (Fsp3) is 0.174. The number of phenolic OH excluding ortho intramolecular Hbond substituents is 1. The summed E-state index contributed by atoms with van der Waals surface area (Å²) in [5, 5.41) is 19.5. The molecule has 3 rings (SSSR count). The molecule has 1 heterocycles. The summed E-state index contributed by atoms with van der Waals surface area (Å²) >= 11 is 1.48. The van der Waals surface area contributed by atoms with Gasteiger partial charge in [0.2, 0.25) is 0 Å². The molecule has 0 spiro atoms. The number of ketones is 1. The predicted molar refractivity (Wildman–Crippen MR) is 111 cm³/mol. The Hall–Kier alpha value is -3.30. The van der Waals surface area contributed by atoms with Gasteiger partial charge in [-0.15, -0.1) is 0 Å². The summed E-state index contributed by atoms with van der Waals surface area (Å²) in [6.45, 7) is 3.68. The number of carbonyl (C=O) groups excluding carboxylic acids is 1. The number of nitriles is 1. The maximum Gasteiger partial charge on any atom is 0.163 e. The molecule has 1 aromatic heterocycles. The van der Waals surface area contributed by atoms with Gasteiger partial charge in [0.1, 0.15) is 24.2 Å². The third-order valence-corrected chi connectivity index (χ3v) is 5.48. The van der Waals surface area contributed by atoms with Crippen molar-refractivity contribution in [1.82, 2.24) is 4.98 Å². The molecule has 3 aromatic rings. The monoisotopic (exact) mass is 404 g/mol. The van der Waals surface area contributed by atoms with E-state index in [1.807, 2.05) is 31.2 Å². The van der Waals surface area contributed by atoms with Crippen LogP contribution in [0, 0.1) is 11.3 Å². The van der Waals surface area contributed by atoms with Crippen molar-refractivity contribution in [3.8, 4) is 17.6 Å². The van der Waals surface area contributed by atoms with Crippen molar-refractivity contribution < 1.29 is 14.6 Å². The molecule has 146 valence electrons. The Morgan fingerprint density at radius 2 is 1.97 bits per heavy atom. The highest BCUT2D eigenvalue weighted by Gasteiger charge is 2.15. The second-order valence-electron chi connectivity index (χ2n) is 6.37. The summed E-state index contributed by atoms with van der Waals surface area (Å²) in [4.78, 5) is 17.5. The number of ether oxygens (including phenoxy) is 1. The highest BCUT2D eigenvalue weighted by atomic mass is 32.2. The zero-order valence-corrected chi connectivity index (χ0v) is 17.0. The SMILES string of the molecule is CCc1c(OCc2ccc(Sc3cnccc3C#N)cc2)ccc(C(C)=O)c1O. The Balaban J connectivity index is 1.70. The minimum Gasteiger partial charge on any atom is -0.507 e. The van der Waals surface area contributed by atoms with E-state index in [1.54, 1.807) is 30.6 Å². The highest BCUT2D eigenvalue weighted by molar-refractivity contribution is 7.99. The number of hydrogen-bond acceptors (Lipinski definition) is 6. The molecule has 0 unspecified atom stereocenters. The fourth-order valence-corrected chi connectivity index (χ4v) is 3.74. The Labute approximate surface area is 174 Å². The van der Waals surface area contributed by atoms with Crippen molar-refractivity contribution in [2.24, 2.45) is 0 Å². The molecule has 0 bridgehead atoms. The molecule has 0 radical (unpaired) electrons. The van der Waals surface area contributed by atoms with Gasteiger partial charge < -0.3 is 9.84 Å². The number of pyridine rings is 1. The van der Waals surface area contributed by atoms with Crippen LogP contribution in [0.2, 0.25) is 0 Å². The number of nitrogens with zero attached hydrogens (tertiary/aromatic N) is 2. The number of carbonyl (C=O) groups is 1. The van der Waals surface area contributed by atoms with Crippen molar-refractivity contribution in [1.29, 1.82) is 5.26 Å². The number of aromatic hydroxyl groups is 1. The van der Waals surface area contributed by atoms with Gasteiger partial charge in [0.15, 0.2) is 5.78 Å². The molecular weight excluding hydrogens is 384 g/mol. The van der Waals surface area contributed by atoms with Crippen LogP contribution in [0.3, 0.4) is 0 Å². The zero-order valence-electron chi connectivity index (χ0n) is 16.2. The second kappa shape index (κ2) is 9.26. The van der Waals surface area contributed by atoms with Gasteiger partial charge in [0.25, 0.3) is 0 Å². The molecule has 29 heavy (non-hydrogen) atoms.